The third-order valence-corrected chi connectivity index (χ3v) is 12.6. The molecule has 0 aromatic carbocycles. The molecule has 0 aromatic rings. The van der Waals surface area contributed by atoms with Crippen molar-refractivity contribution in [3.63, 3.8) is 0 Å². The summed E-state index contributed by atoms with van der Waals surface area (Å²) in [5.74, 6) is -0.945. The van der Waals surface area contributed by atoms with Crippen LogP contribution in [0.5, 0.6) is 0 Å². The Morgan fingerprint density at radius 2 is 0.513 bits per heavy atom. The van der Waals surface area contributed by atoms with Crippen molar-refractivity contribution in [3.8, 4) is 0 Å². The van der Waals surface area contributed by atoms with E-state index in [0.717, 1.165) is 173 Å². The summed E-state index contributed by atoms with van der Waals surface area (Å²) in [4.78, 5) is 38.3. The molecule has 0 saturated carbocycles. The number of allylic oxidation sites excluding steroid dienone is 24. The van der Waals surface area contributed by atoms with E-state index in [1.54, 1.807) is 0 Å². The van der Waals surface area contributed by atoms with Crippen molar-refractivity contribution in [1.29, 1.82) is 0 Å². The van der Waals surface area contributed by atoms with Crippen LogP contribution in [0.25, 0.3) is 0 Å². The lowest BCUT2D eigenvalue weighted by atomic mass is 10.1. The topological polar surface area (TPSA) is 78.9 Å². The predicted octanol–water partition coefficient (Wildman–Crippen LogP) is 21.2. The third-order valence-electron chi connectivity index (χ3n) is 12.6. The molecular weight excluding hydrogens is 937 g/mol. The number of unbranched alkanes of at least 4 members (excludes halogenated alkanes) is 19. The van der Waals surface area contributed by atoms with Gasteiger partial charge in [-0.1, -0.05) is 250 Å². The highest BCUT2D eigenvalue weighted by Crippen LogP contribution is 2.14. The normalized spacial score (nSPS) is 13.1. The number of carbonyl (C=O) groups is 3. The molecule has 0 amide bonds. The Morgan fingerprint density at radius 3 is 0.803 bits per heavy atom. The van der Waals surface area contributed by atoms with Crippen LogP contribution in [0.3, 0.4) is 0 Å². The molecule has 0 aliphatic heterocycles. The lowest BCUT2D eigenvalue weighted by Crippen LogP contribution is -2.30. The first-order valence-electron chi connectivity index (χ1n) is 30.8. The molecule has 428 valence electrons. The van der Waals surface area contributed by atoms with Gasteiger partial charge in [-0.15, -0.1) is 0 Å². The van der Waals surface area contributed by atoms with E-state index in [0.29, 0.717) is 19.3 Å². The SMILES string of the molecule is CC/C=C\C/C=C\C/C=C\C/C=C\C/C=C\C/C=C\CCCCCCCCC(=O)OCC(COC(=O)CCCCCCC/C=C\C/C=C\CCCC)OC(=O)CCCCCCCC/C=C\C/C=C\C/C=C\C/C=C\CC. The molecular formula is C70H112O6. The fraction of sp³-hybridized carbons (Fsp3) is 0.614. The van der Waals surface area contributed by atoms with E-state index in [-0.39, 0.29) is 31.1 Å². The Kier molecular flexibility index (Phi) is 58.9. The van der Waals surface area contributed by atoms with Gasteiger partial charge in [-0.3, -0.25) is 14.4 Å². The number of hydrogen-bond acceptors (Lipinski definition) is 6. The molecule has 1 atom stereocenters. The Bertz CT molecular complexity index is 1680. The predicted molar refractivity (Wildman–Crippen MR) is 329 cm³/mol. The Morgan fingerprint density at radius 1 is 0.276 bits per heavy atom. The quantitative estimate of drug-likeness (QED) is 0.0261. The zero-order chi connectivity index (χ0) is 55.0. The van der Waals surface area contributed by atoms with Gasteiger partial charge in [0.2, 0.25) is 0 Å². The lowest BCUT2D eigenvalue weighted by molar-refractivity contribution is -0.167. The van der Waals surface area contributed by atoms with Gasteiger partial charge in [0, 0.05) is 19.3 Å². The number of hydrogen-bond donors (Lipinski definition) is 0. The van der Waals surface area contributed by atoms with Gasteiger partial charge in [0.15, 0.2) is 6.10 Å². The van der Waals surface area contributed by atoms with Crippen LogP contribution in [-0.2, 0) is 28.6 Å². The number of ether oxygens (including phenoxy) is 3. The van der Waals surface area contributed by atoms with Crippen molar-refractivity contribution in [1.82, 2.24) is 0 Å². The molecule has 0 fully saturated rings. The lowest BCUT2D eigenvalue weighted by Gasteiger charge is -2.18. The van der Waals surface area contributed by atoms with Gasteiger partial charge in [0.1, 0.15) is 13.2 Å². The molecule has 0 radical (unpaired) electrons. The highest BCUT2D eigenvalue weighted by molar-refractivity contribution is 5.71. The first kappa shape index (κ1) is 71.3. The second kappa shape index (κ2) is 62.8. The van der Waals surface area contributed by atoms with Gasteiger partial charge >= 0.3 is 17.9 Å². The zero-order valence-electron chi connectivity index (χ0n) is 49.0. The molecule has 76 heavy (non-hydrogen) atoms. The summed E-state index contributed by atoms with van der Waals surface area (Å²) in [6.45, 7) is 6.33. The van der Waals surface area contributed by atoms with Crippen LogP contribution < -0.4 is 0 Å². The second-order valence-electron chi connectivity index (χ2n) is 19.8. The molecule has 0 rings (SSSR count). The van der Waals surface area contributed by atoms with Crippen LogP contribution in [0, 0.1) is 0 Å². The van der Waals surface area contributed by atoms with Gasteiger partial charge < -0.3 is 14.2 Å². The Hall–Kier alpha value is -4.71. The average Bonchev–Trinajstić information content (AvgIpc) is 3.42. The molecule has 0 bridgehead atoms. The van der Waals surface area contributed by atoms with E-state index in [1.807, 2.05) is 0 Å². The molecule has 0 aliphatic rings. The third kappa shape index (κ3) is 60.2. The van der Waals surface area contributed by atoms with Gasteiger partial charge in [-0.2, -0.15) is 0 Å². The van der Waals surface area contributed by atoms with Crippen LogP contribution in [-0.4, -0.2) is 37.2 Å². The highest BCUT2D eigenvalue weighted by Gasteiger charge is 2.19. The average molecular weight is 1050 g/mol. The minimum absolute atomic E-state index is 0.101. The maximum atomic E-state index is 12.9. The summed E-state index contributed by atoms with van der Waals surface area (Å²) in [6, 6.07) is 0. The molecule has 0 heterocycles. The molecule has 0 aliphatic carbocycles. The molecule has 0 N–H and O–H groups in total. The van der Waals surface area contributed by atoms with Gasteiger partial charge in [0.05, 0.1) is 0 Å². The second-order valence-corrected chi connectivity index (χ2v) is 19.8. The summed E-state index contributed by atoms with van der Waals surface area (Å²) in [7, 11) is 0. The van der Waals surface area contributed by atoms with E-state index in [9.17, 15) is 14.4 Å². The van der Waals surface area contributed by atoms with Crippen LogP contribution in [0.15, 0.2) is 146 Å². The van der Waals surface area contributed by atoms with Gasteiger partial charge in [0.25, 0.3) is 0 Å². The monoisotopic (exact) mass is 1050 g/mol. The van der Waals surface area contributed by atoms with Gasteiger partial charge in [-0.05, 0) is 135 Å². The van der Waals surface area contributed by atoms with E-state index in [4.69, 9.17) is 14.2 Å². The smallest absolute Gasteiger partial charge is 0.306 e. The molecule has 0 saturated heterocycles. The minimum Gasteiger partial charge on any atom is -0.462 e. The van der Waals surface area contributed by atoms with Crippen molar-refractivity contribution < 1.29 is 28.6 Å². The first-order valence-corrected chi connectivity index (χ1v) is 30.8. The van der Waals surface area contributed by atoms with E-state index in [2.05, 4.69) is 167 Å². The molecule has 6 nitrogen and oxygen atoms in total. The number of rotatable bonds is 54. The summed E-state index contributed by atoms with van der Waals surface area (Å²) in [6.07, 6.45) is 89.8. The molecule has 0 aromatic heterocycles. The molecule has 0 spiro atoms. The molecule has 6 heteroatoms. The summed E-state index contributed by atoms with van der Waals surface area (Å²) < 4.78 is 16.9. The van der Waals surface area contributed by atoms with E-state index < -0.39 is 6.10 Å². The Balaban J connectivity index is 4.45. The minimum atomic E-state index is -0.806. The van der Waals surface area contributed by atoms with Crippen molar-refractivity contribution in [2.24, 2.45) is 0 Å². The van der Waals surface area contributed by atoms with Crippen LogP contribution >= 0.6 is 0 Å². The Labute approximate surface area is 467 Å². The first-order chi connectivity index (χ1) is 37.5. The van der Waals surface area contributed by atoms with Crippen LogP contribution in [0.4, 0.5) is 0 Å². The largest absolute Gasteiger partial charge is 0.462 e. The van der Waals surface area contributed by atoms with Crippen molar-refractivity contribution >= 4 is 17.9 Å². The van der Waals surface area contributed by atoms with Crippen molar-refractivity contribution in [2.45, 2.75) is 264 Å². The summed E-state index contributed by atoms with van der Waals surface area (Å²) >= 11 is 0. The number of esters is 3. The zero-order valence-corrected chi connectivity index (χ0v) is 49.0. The maximum Gasteiger partial charge on any atom is 0.306 e. The van der Waals surface area contributed by atoms with Crippen molar-refractivity contribution in [2.75, 3.05) is 13.2 Å². The molecule has 1 unspecified atom stereocenters. The summed E-state index contributed by atoms with van der Waals surface area (Å²) in [5.41, 5.74) is 0. The standard InChI is InChI=1S/C70H112O6/c1-4-7-10-13-16-19-22-25-28-30-32-33-34-35-36-37-39-40-42-45-48-51-54-57-60-63-69(72)75-66-67(65-74-68(71)62-59-56-53-50-47-44-27-24-21-18-15-12-9-6-3)76-70(73)64-61-58-55-52-49-46-43-41-38-31-29-26-23-20-17-14-11-8-5-2/h7-8,10-11,15-20,24-29,32-33,35-36,38-41,67H,4-6,9,12-14,21-23,30-31,34,37,42-66H2,1-3H3/b10-7-,11-8-,18-15-,19-16-,20-17-,27-24-,28-25-,29-26-,33-32-,36-35-,40-39-,41-38-. The summed E-state index contributed by atoms with van der Waals surface area (Å²) in [5, 5.41) is 0. The van der Waals surface area contributed by atoms with Gasteiger partial charge in [-0.25, -0.2) is 0 Å². The van der Waals surface area contributed by atoms with Crippen LogP contribution in [0.2, 0.25) is 0 Å². The number of carbonyl (C=O) groups excluding carboxylic acids is 3. The highest BCUT2D eigenvalue weighted by atomic mass is 16.6. The fourth-order valence-corrected chi connectivity index (χ4v) is 7.98. The van der Waals surface area contributed by atoms with Crippen LogP contribution in [0.1, 0.15) is 258 Å². The van der Waals surface area contributed by atoms with E-state index >= 15 is 0 Å². The van der Waals surface area contributed by atoms with E-state index in [1.165, 1.54) is 44.9 Å². The van der Waals surface area contributed by atoms with Crippen molar-refractivity contribution in [3.05, 3.63) is 146 Å². The fourth-order valence-electron chi connectivity index (χ4n) is 7.98. The maximum absolute atomic E-state index is 12.9.